The summed E-state index contributed by atoms with van der Waals surface area (Å²) in [7, 11) is 0. The molecule has 1 aromatic rings. The van der Waals surface area contributed by atoms with E-state index in [9.17, 15) is 4.79 Å². The molecule has 0 saturated heterocycles. The monoisotopic (exact) mass is 193 g/mol. The predicted octanol–water partition coefficient (Wildman–Crippen LogP) is 2.00. The van der Waals surface area contributed by atoms with Crippen molar-refractivity contribution in [1.82, 2.24) is 4.98 Å². The molecule has 14 heavy (non-hydrogen) atoms. The molecule has 0 aliphatic heterocycles. The van der Waals surface area contributed by atoms with Crippen molar-refractivity contribution >= 4 is 5.97 Å². The molecule has 1 aromatic heterocycles. The fourth-order valence-electron chi connectivity index (χ4n) is 2.08. The summed E-state index contributed by atoms with van der Waals surface area (Å²) in [6.45, 7) is 2.31. The number of rotatable bonds is 2. The second-order valence-corrected chi connectivity index (χ2v) is 3.61. The number of ether oxygens (including phenoxy) is 1. The molecule has 2 rings (SSSR count). The van der Waals surface area contributed by atoms with Crippen LogP contribution in [-0.4, -0.2) is 17.6 Å². The third-order valence-electron chi connectivity index (χ3n) is 2.73. The Hall–Kier alpha value is -1.25. The number of hydrogen-bond acceptors (Lipinski definition) is 2. The molecule has 76 valence electrons. The topological polar surface area (TPSA) is 42.1 Å². The minimum atomic E-state index is -0.0871. The largest absolute Gasteiger partial charge is 0.465 e. The predicted molar refractivity (Wildman–Crippen MR) is 53.1 cm³/mol. The van der Waals surface area contributed by atoms with Crippen LogP contribution in [0.4, 0.5) is 0 Å². The van der Waals surface area contributed by atoms with E-state index >= 15 is 0 Å². The molecule has 0 bridgehead atoms. The molecule has 1 atom stereocenters. The highest BCUT2D eigenvalue weighted by Crippen LogP contribution is 2.31. The van der Waals surface area contributed by atoms with Gasteiger partial charge >= 0.3 is 5.97 Å². The van der Waals surface area contributed by atoms with Gasteiger partial charge in [0, 0.05) is 11.9 Å². The summed E-state index contributed by atoms with van der Waals surface area (Å²) in [4.78, 5) is 14.8. The number of H-pyrrole nitrogens is 1. The van der Waals surface area contributed by atoms with E-state index < -0.39 is 0 Å². The van der Waals surface area contributed by atoms with Gasteiger partial charge in [-0.25, -0.2) is 0 Å². The van der Waals surface area contributed by atoms with Crippen LogP contribution in [0.5, 0.6) is 0 Å². The van der Waals surface area contributed by atoms with Crippen molar-refractivity contribution in [3.05, 3.63) is 23.5 Å². The van der Waals surface area contributed by atoms with Crippen LogP contribution in [0, 0.1) is 0 Å². The van der Waals surface area contributed by atoms with E-state index in [1.54, 1.807) is 0 Å². The van der Waals surface area contributed by atoms with Gasteiger partial charge in [-0.2, -0.15) is 0 Å². The van der Waals surface area contributed by atoms with Crippen molar-refractivity contribution in [3.8, 4) is 0 Å². The fraction of sp³-hybridized carbons (Fsp3) is 0.545. The summed E-state index contributed by atoms with van der Waals surface area (Å²) in [5.74, 6) is -0.149. The molecule has 0 spiro atoms. The van der Waals surface area contributed by atoms with Crippen LogP contribution in [0.3, 0.4) is 0 Å². The summed E-state index contributed by atoms with van der Waals surface area (Å²) >= 11 is 0. The molecule has 1 N–H and O–H groups in total. The Kier molecular flexibility index (Phi) is 2.57. The van der Waals surface area contributed by atoms with E-state index in [0.29, 0.717) is 6.61 Å². The summed E-state index contributed by atoms with van der Waals surface area (Å²) in [5, 5.41) is 0. The van der Waals surface area contributed by atoms with Crippen LogP contribution >= 0.6 is 0 Å². The number of esters is 1. The maximum atomic E-state index is 11.6. The van der Waals surface area contributed by atoms with Crippen LogP contribution in [0.15, 0.2) is 12.3 Å². The number of carbonyl (C=O) groups is 1. The van der Waals surface area contributed by atoms with E-state index in [4.69, 9.17) is 4.74 Å². The molecule has 1 heterocycles. The van der Waals surface area contributed by atoms with Gasteiger partial charge in [0.2, 0.25) is 0 Å². The van der Waals surface area contributed by atoms with E-state index in [-0.39, 0.29) is 11.9 Å². The Morgan fingerprint density at radius 1 is 1.71 bits per heavy atom. The highest BCUT2D eigenvalue weighted by atomic mass is 16.5. The second kappa shape index (κ2) is 3.86. The lowest BCUT2D eigenvalue weighted by molar-refractivity contribution is -0.145. The minimum absolute atomic E-state index is 0.0614. The first-order valence-electron chi connectivity index (χ1n) is 5.15. The van der Waals surface area contributed by atoms with Gasteiger partial charge in [-0.3, -0.25) is 4.79 Å². The Labute approximate surface area is 83.5 Å². The van der Waals surface area contributed by atoms with Crippen LogP contribution in [0.25, 0.3) is 0 Å². The number of aromatic amines is 1. The zero-order valence-electron chi connectivity index (χ0n) is 8.38. The molecule has 0 radical (unpaired) electrons. The first-order valence-corrected chi connectivity index (χ1v) is 5.15. The van der Waals surface area contributed by atoms with Crippen molar-refractivity contribution in [2.45, 2.75) is 32.1 Å². The molecule has 0 fully saturated rings. The van der Waals surface area contributed by atoms with Crippen molar-refractivity contribution < 1.29 is 9.53 Å². The summed E-state index contributed by atoms with van der Waals surface area (Å²) in [6, 6.07) is 2.06. The van der Waals surface area contributed by atoms with Gasteiger partial charge in [0.25, 0.3) is 0 Å². The highest BCUT2D eigenvalue weighted by Gasteiger charge is 2.28. The molecule has 1 aliphatic rings. The van der Waals surface area contributed by atoms with Crippen LogP contribution in [-0.2, 0) is 16.0 Å². The van der Waals surface area contributed by atoms with Gasteiger partial charge in [0.1, 0.15) is 0 Å². The van der Waals surface area contributed by atoms with Gasteiger partial charge in [0.15, 0.2) is 0 Å². The number of hydrogen-bond donors (Lipinski definition) is 1. The van der Waals surface area contributed by atoms with Crippen LogP contribution < -0.4 is 0 Å². The van der Waals surface area contributed by atoms with Gasteiger partial charge in [0.05, 0.1) is 12.5 Å². The summed E-state index contributed by atoms with van der Waals surface area (Å²) in [6.07, 6.45) is 4.97. The van der Waals surface area contributed by atoms with Crippen molar-refractivity contribution in [3.63, 3.8) is 0 Å². The fourth-order valence-corrected chi connectivity index (χ4v) is 2.08. The number of fused-ring (bicyclic) bond motifs is 1. The molecule has 1 aliphatic carbocycles. The van der Waals surface area contributed by atoms with Crippen LogP contribution in [0.1, 0.15) is 36.9 Å². The highest BCUT2D eigenvalue weighted by molar-refractivity contribution is 5.78. The Bertz CT molecular complexity index is 330. The first kappa shape index (κ1) is 9.31. The second-order valence-electron chi connectivity index (χ2n) is 3.61. The standard InChI is InChI=1S/C11H15NO2/c1-2-14-11(13)9-5-3-4-8-6-7-12-10(8)9/h6-7,9,12H,2-5H2,1H3. The van der Waals surface area contributed by atoms with E-state index in [1.165, 1.54) is 5.56 Å². The minimum Gasteiger partial charge on any atom is -0.465 e. The van der Waals surface area contributed by atoms with Gasteiger partial charge in [-0.1, -0.05) is 0 Å². The number of nitrogens with one attached hydrogen (secondary N) is 1. The van der Waals surface area contributed by atoms with E-state index in [2.05, 4.69) is 11.1 Å². The van der Waals surface area contributed by atoms with Crippen molar-refractivity contribution in [2.24, 2.45) is 0 Å². The average Bonchev–Trinajstić information content (AvgIpc) is 2.65. The lowest BCUT2D eigenvalue weighted by Crippen LogP contribution is -2.20. The number of aromatic nitrogens is 1. The average molecular weight is 193 g/mol. The van der Waals surface area contributed by atoms with Crippen molar-refractivity contribution in [1.29, 1.82) is 0 Å². The van der Waals surface area contributed by atoms with E-state index in [1.807, 2.05) is 13.1 Å². The zero-order chi connectivity index (χ0) is 9.97. The smallest absolute Gasteiger partial charge is 0.314 e. The lowest BCUT2D eigenvalue weighted by Gasteiger charge is -2.20. The molecule has 0 amide bonds. The van der Waals surface area contributed by atoms with Gasteiger partial charge in [-0.15, -0.1) is 0 Å². The molecular weight excluding hydrogens is 178 g/mol. The van der Waals surface area contributed by atoms with Gasteiger partial charge in [-0.05, 0) is 37.8 Å². The summed E-state index contributed by atoms with van der Waals surface area (Å²) < 4.78 is 5.05. The Morgan fingerprint density at radius 2 is 2.57 bits per heavy atom. The lowest BCUT2D eigenvalue weighted by atomic mass is 9.88. The molecule has 3 heteroatoms. The number of carbonyl (C=O) groups excluding carboxylic acids is 1. The SMILES string of the molecule is CCOC(=O)C1CCCc2cc[nH]c21. The Balaban J connectivity index is 2.19. The van der Waals surface area contributed by atoms with Crippen molar-refractivity contribution in [2.75, 3.05) is 6.61 Å². The normalized spacial score (nSPS) is 20.2. The van der Waals surface area contributed by atoms with E-state index in [0.717, 1.165) is 25.0 Å². The molecular formula is C11H15NO2. The first-order chi connectivity index (χ1) is 6.83. The molecule has 0 aromatic carbocycles. The maximum Gasteiger partial charge on any atom is 0.314 e. The third kappa shape index (κ3) is 1.54. The molecule has 3 nitrogen and oxygen atoms in total. The van der Waals surface area contributed by atoms with Crippen LogP contribution in [0.2, 0.25) is 0 Å². The quantitative estimate of drug-likeness (QED) is 0.730. The molecule has 0 saturated carbocycles. The molecule has 1 unspecified atom stereocenters. The third-order valence-corrected chi connectivity index (χ3v) is 2.73. The Morgan fingerprint density at radius 3 is 3.36 bits per heavy atom. The zero-order valence-corrected chi connectivity index (χ0v) is 8.38. The number of aryl methyl sites for hydroxylation is 1. The van der Waals surface area contributed by atoms with Gasteiger partial charge < -0.3 is 9.72 Å². The maximum absolute atomic E-state index is 11.6. The summed E-state index contributed by atoms with van der Waals surface area (Å²) in [5.41, 5.74) is 2.34.